The average molecular weight is 499 g/mol. The molecule has 1 unspecified atom stereocenters. The van der Waals surface area contributed by atoms with Gasteiger partial charge in [0.1, 0.15) is 12.0 Å². The molecule has 0 radical (unpaired) electrons. The zero-order valence-corrected chi connectivity index (χ0v) is 20.9. The van der Waals surface area contributed by atoms with E-state index in [4.69, 9.17) is 21.9 Å². The van der Waals surface area contributed by atoms with Crippen LogP contribution in [0, 0.1) is 11.3 Å². The number of nitriles is 1. The first kappa shape index (κ1) is 24.8. The summed E-state index contributed by atoms with van der Waals surface area (Å²) < 4.78 is 0. The molecule has 1 heterocycles. The van der Waals surface area contributed by atoms with Gasteiger partial charge in [-0.05, 0) is 92.4 Å². The van der Waals surface area contributed by atoms with Gasteiger partial charge in [0.15, 0.2) is 0 Å². The second-order valence-corrected chi connectivity index (χ2v) is 8.85. The quantitative estimate of drug-likeness (QED) is 0.322. The number of aliphatic imine (C=N–C) groups is 1. The van der Waals surface area contributed by atoms with Gasteiger partial charge in [0, 0.05) is 22.7 Å². The Balaban J connectivity index is 1.63. The first-order chi connectivity index (χ1) is 17.4. The van der Waals surface area contributed by atoms with E-state index in [2.05, 4.69) is 39.5 Å². The van der Waals surface area contributed by atoms with Crippen molar-refractivity contribution in [3.8, 4) is 6.07 Å². The maximum absolute atomic E-state index is 12.7. The van der Waals surface area contributed by atoms with E-state index in [0.29, 0.717) is 27.8 Å². The number of nitrogens with zero attached hydrogens (tertiary/aromatic N) is 2. The van der Waals surface area contributed by atoms with Crippen LogP contribution >= 0.6 is 11.6 Å². The van der Waals surface area contributed by atoms with Gasteiger partial charge in [0.25, 0.3) is 0 Å². The Morgan fingerprint density at radius 3 is 2.50 bits per heavy atom. The lowest BCUT2D eigenvalue weighted by molar-refractivity contribution is 0.262. The number of anilines is 4. The summed E-state index contributed by atoms with van der Waals surface area (Å²) in [5.41, 5.74) is 5.76. The third-order valence-corrected chi connectivity index (χ3v) is 5.99. The third-order valence-electron chi connectivity index (χ3n) is 5.59. The monoisotopic (exact) mass is 498 g/mol. The number of amidine groups is 1. The summed E-state index contributed by atoms with van der Waals surface area (Å²) in [4.78, 5) is 17.4. The number of halogens is 1. The van der Waals surface area contributed by atoms with Gasteiger partial charge in [-0.15, -0.1) is 0 Å². The number of urea groups is 1. The number of carbonyl (C=O) groups excluding carboxylic acids is 1. The van der Waals surface area contributed by atoms with Crippen molar-refractivity contribution < 1.29 is 4.79 Å². The van der Waals surface area contributed by atoms with Crippen LogP contribution in [-0.2, 0) is 12.8 Å². The summed E-state index contributed by atoms with van der Waals surface area (Å²) in [6, 6.07) is 22.5. The fraction of sp³-hybridized carbons (Fsp3) is 0.179. The van der Waals surface area contributed by atoms with Crippen LogP contribution in [0.5, 0.6) is 0 Å². The maximum Gasteiger partial charge on any atom is 0.323 e. The molecule has 36 heavy (non-hydrogen) atoms. The van der Waals surface area contributed by atoms with Crippen LogP contribution in [0.15, 0.2) is 82.8 Å². The molecular weight excluding hydrogens is 472 g/mol. The SMILES string of the molecule is C/C=C(Cl)\C1=N/C(C)Nc2cccc(c2)CCc2cc(NC(=O)Nc3ccc(C#N)cc3)cc(c2)N1. The molecule has 3 aromatic rings. The minimum Gasteiger partial charge on any atom is -0.364 e. The molecule has 0 saturated carbocycles. The van der Waals surface area contributed by atoms with Crippen molar-refractivity contribution in [2.75, 3.05) is 21.3 Å². The van der Waals surface area contributed by atoms with Crippen LogP contribution in [0.1, 0.15) is 30.5 Å². The lowest BCUT2D eigenvalue weighted by atomic mass is 10.0. The molecule has 4 rings (SSSR count). The molecule has 8 heteroatoms. The molecular formula is C28H27ClN6O. The molecule has 4 bridgehead atoms. The second kappa shape index (κ2) is 11.4. The van der Waals surface area contributed by atoms with Gasteiger partial charge >= 0.3 is 6.03 Å². The van der Waals surface area contributed by atoms with Gasteiger partial charge in [-0.3, -0.25) is 0 Å². The third kappa shape index (κ3) is 6.65. The molecule has 1 atom stereocenters. The summed E-state index contributed by atoms with van der Waals surface area (Å²) in [6.45, 7) is 3.82. The number of carbonyl (C=O) groups is 1. The molecule has 0 aromatic heterocycles. The zero-order valence-electron chi connectivity index (χ0n) is 20.1. The highest BCUT2D eigenvalue weighted by atomic mass is 35.5. The fourth-order valence-electron chi connectivity index (χ4n) is 3.90. The zero-order chi connectivity index (χ0) is 25.5. The summed E-state index contributed by atoms with van der Waals surface area (Å²) in [7, 11) is 0. The van der Waals surface area contributed by atoms with Crippen molar-refractivity contribution in [1.82, 2.24) is 0 Å². The summed E-state index contributed by atoms with van der Waals surface area (Å²) >= 11 is 6.49. The number of hydrogen-bond donors (Lipinski definition) is 4. The van der Waals surface area contributed by atoms with Crippen LogP contribution < -0.4 is 21.3 Å². The molecule has 1 aliphatic rings. The Kier molecular flexibility index (Phi) is 7.89. The van der Waals surface area contributed by atoms with E-state index in [1.165, 1.54) is 5.56 Å². The van der Waals surface area contributed by atoms with E-state index < -0.39 is 0 Å². The van der Waals surface area contributed by atoms with Gasteiger partial charge in [-0.25, -0.2) is 9.79 Å². The number of aryl methyl sites for hydroxylation is 2. The standard InChI is InChI=1S/C28H27ClN6O/c1-3-26(29)27-32-18(2)31-23-6-4-5-19(13-23)7-8-21-14-24(33-27)16-25(15-21)35-28(36)34-22-11-9-20(17-30)10-12-22/h3-6,9-16,18,31H,7-8H2,1-2H3,(H,32,33)(H2,34,35,36)/b26-3+. The lowest BCUT2D eigenvalue weighted by Crippen LogP contribution is -2.21. The number of amides is 2. The molecule has 4 N–H and O–H groups in total. The number of hydrogen-bond acceptors (Lipinski definition) is 5. The van der Waals surface area contributed by atoms with Crippen LogP contribution in [0.25, 0.3) is 0 Å². The molecule has 182 valence electrons. The molecule has 1 aliphatic heterocycles. The molecule has 3 aromatic carbocycles. The van der Waals surface area contributed by atoms with Crippen molar-refractivity contribution in [3.63, 3.8) is 0 Å². The maximum atomic E-state index is 12.7. The van der Waals surface area contributed by atoms with Crippen LogP contribution in [0.3, 0.4) is 0 Å². The van der Waals surface area contributed by atoms with Crippen molar-refractivity contribution in [2.45, 2.75) is 32.9 Å². The molecule has 2 amide bonds. The van der Waals surface area contributed by atoms with Gasteiger partial charge < -0.3 is 21.3 Å². The van der Waals surface area contributed by atoms with Crippen LogP contribution in [-0.4, -0.2) is 18.0 Å². The molecule has 0 aliphatic carbocycles. The van der Waals surface area contributed by atoms with Crippen LogP contribution in [0.2, 0.25) is 0 Å². The number of nitrogens with one attached hydrogen (secondary N) is 4. The lowest BCUT2D eigenvalue weighted by Gasteiger charge is -2.16. The van der Waals surface area contributed by atoms with E-state index in [1.807, 2.05) is 44.2 Å². The van der Waals surface area contributed by atoms with E-state index in [-0.39, 0.29) is 12.2 Å². The highest BCUT2D eigenvalue weighted by Crippen LogP contribution is 2.24. The number of fused-ring (bicyclic) bond motifs is 4. The van der Waals surface area contributed by atoms with Gasteiger partial charge in [0.05, 0.1) is 16.7 Å². The Hall–Kier alpha value is -4.28. The predicted molar refractivity (Wildman–Crippen MR) is 148 cm³/mol. The van der Waals surface area contributed by atoms with E-state index >= 15 is 0 Å². The first-order valence-electron chi connectivity index (χ1n) is 11.7. The van der Waals surface area contributed by atoms with E-state index in [1.54, 1.807) is 30.3 Å². The first-order valence-corrected chi connectivity index (χ1v) is 12.0. The summed E-state index contributed by atoms with van der Waals surface area (Å²) in [5.74, 6) is 0.528. The summed E-state index contributed by atoms with van der Waals surface area (Å²) in [5, 5.41) is 21.9. The Morgan fingerprint density at radius 2 is 1.75 bits per heavy atom. The smallest absolute Gasteiger partial charge is 0.323 e. The van der Waals surface area contributed by atoms with Gasteiger partial charge in [-0.1, -0.05) is 29.8 Å². The van der Waals surface area contributed by atoms with Crippen molar-refractivity contribution >= 4 is 46.2 Å². The number of allylic oxidation sites excluding steroid dienone is 1. The normalized spacial score (nSPS) is 16.9. The summed E-state index contributed by atoms with van der Waals surface area (Å²) in [6.07, 6.45) is 3.18. The van der Waals surface area contributed by atoms with E-state index in [9.17, 15) is 4.79 Å². The second-order valence-electron chi connectivity index (χ2n) is 8.45. The van der Waals surface area contributed by atoms with Crippen molar-refractivity contribution in [1.29, 1.82) is 5.26 Å². The molecule has 0 fully saturated rings. The van der Waals surface area contributed by atoms with Gasteiger partial charge in [0.2, 0.25) is 0 Å². The minimum atomic E-state index is -0.383. The highest BCUT2D eigenvalue weighted by Gasteiger charge is 2.12. The van der Waals surface area contributed by atoms with E-state index in [0.717, 1.165) is 29.8 Å². The van der Waals surface area contributed by atoms with Crippen molar-refractivity contribution in [2.24, 2.45) is 4.99 Å². The minimum absolute atomic E-state index is 0.226. The molecule has 0 saturated heterocycles. The average Bonchev–Trinajstić information content (AvgIpc) is 2.87. The fourth-order valence-corrected chi connectivity index (χ4v) is 4.00. The number of benzene rings is 3. The largest absolute Gasteiger partial charge is 0.364 e. The molecule has 7 nitrogen and oxygen atoms in total. The van der Waals surface area contributed by atoms with Crippen LogP contribution in [0.4, 0.5) is 27.5 Å². The van der Waals surface area contributed by atoms with Crippen molar-refractivity contribution in [3.05, 3.63) is 94.5 Å². The Bertz CT molecular complexity index is 1360. The predicted octanol–water partition coefficient (Wildman–Crippen LogP) is 6.71. The molecule has 0 spiro atoms. The van der Waals surface area contributed by atoms with Gasteiger partial charge in [-0.2, -0.15) is 5.26 Å². The highest BCUT2D eigenvalue weighted by molar-refractivity contribution is 6.45. The Labute approximate surface area is 215 Å². The Morgan fingerprint density at radius 1 is 1.03 bits per heavy atom. The number of rotatable bonds is 3. The topological polar surface area (TPSA) is 101 Å².